The van der Waals surface area contributed by atoms with Crippen LogP contribution in [0.25, 0.3) is 0 Å². The molecule has 0 aliphatic carbocycles. The first-order valence-corrected chi connectivity index (χ1v) is 7.26. The number of rotatable bonds is 7. The molecule has 0 atom stereocenters. The molecule has 0 saturated carbocycles. The van der Waals surface area contributed by atoms with E-state index in [1.54, 1.807) is 18.0 Å². The Morgan fingerprint density at radius 3 is 3.12 bits per heavy atom. The van der Waals surface area contributed by atoms with Gasteiger partial charge in [0.2, 0.25) is 0 Å². The molecule has 0 radical (unpaired) electrons. The number of hydrogen-bond acceptors (Lipinski definition) is 7. The predicted octanol–water partition coefficient (Wildman–Crippen LogP) is 1.95. The fourth-order valence-electron chi connectivity index (χ4n) is 1.01. The Kier molecular flexibility index (Phi) is 6.71. The summed E-state index contributed by atoms with van der Waals surface area (Å²) in [6.45, 7) is 0.404. The summed E-state index contributed by atoms with van der Waals surface area (Å²) in [5, 5.41) is 14.6. The van der Waals surface area contributed by atoms with Crippen LogP contribution in [-0.4, -0.2) is 40.2 Å². The lowest BCUT2D eigenvalue weighted by Gasteiger charge is -1.98. The number of nitrogens with zero attached hydrogens (tertiary/aromatic N) is 3. The number of aliphatic imine (C=N–C) groups is 1. The molecule has 0 bridgehead atoms. The van der Waals surface area contributed by atoms with Crippen LogP contribution in [0, 0.1) is 10.1 Å². The Morgan fingerprint density at radius 2 is 2.53 bits per heavy atom. The van der Waals surface area contributed by atoms with Gasteiger partial charge in [0.1, 0.15) is 11.3 Å². The highest BCUT2D eigenvalue weighted by Crippen LogP contribution is 2.10. The highest BCUT2D eigenvalue weighted by atomic mass is 32.2. The van der Waals surface area contributed by atoms with E-state index in [1.807, 2.05) is 6.07 Å². The molecule has 0 aromatic carbocycles. The lowest BCUT2D eigenvalue weighted by atomic mass is 10.5. The molecular weight excluding hydrogens is 262 g/mol. The Hall–Kier alpha value is -1.02. The molecule has 6 nitrogen and oxygen atoms in total. The zero-order valence-corrected chi connectivity index (χ0v) is 11.0. The standard InChI is InChI=1S/C9H13N3O3S2/c1-16-9(6-12(13)14)10-3-5-17-7-8-2-4-15-11-8/h2,4H,3,5-7H2,1H3. The van der Waals surface area contributed by atoms with E-state index in [1.165, 1.54) is 18.0 Å². The summed E-state index contributed by atoms with van der Waals surface area (Å²) >= 11 is 3.00. The van der Waals surface area contributed by atoms with Gasteiger partial charge in [-0.1, -0.05) is 5.16 Å². The van der Waals surface area contributed by atoms with Crippen molar-refractivity contribution in [1.82, 2.24) is 5.16 Å². The Labute approximate surface area is 107 Å². The van der Waals surface area contributed by atoms with Crippen LogP contribution < -0.4 is 0 Å². The minimum atomic E-state index is -0.363. The van der Waals surface area contributed by atoms with Gasteiger partial charge in [-0.3, -0.25) is 15.1 Å². The van der Waals surface area contributed by atoms with E-state index < -0.39 is 0 Å². The lowest BCUT2D eigenvalue weighted by molar-refractivity contribution is -0.462. The van der Waals surface area contributed by atoms with Crippen molar-refractivity contribution in [3.63, 3.8) is 0 Å². The first-order chi connectivity index (χ1) is 8.22. The molecule has 0 amide bonds. The summed E-state index contributed by atoms with van der Waals surface area (Å²) in [5.74, 6) is 1.59. The van der Waals surface area contributed by atoms with Crippen molar-refractivity contribution in [3.05, 3.63) is 28.1 Å². The van der Waals surface area contributed by atoms with Gasteiger partial charge >= 0.3 is 0 Å². The summed E-state index contributed by atoms with van der Waals surface area (Å²) < 4.78 is 4.70. The minimum Gasteiger partial charge on any atom is -0.364 e. The van der Waals surface area contributed by atoms with Crippen molar-refractivity contribution in [2.24, 2.45) is 4.99 Å². The maximum absolute atomic E-state index is 10.3. The zero-order valence-electron chi connectivity index (χ0n) is 9.37. The minimum absolute atomic E-state index is 0.185. The maximum atomic E-state index is 10.3. The summed E-state index contributed by atoms with van der Waals surface area (Å²) in [6.07, 6.45) is 3.34. The monoisotopic (exact) mass is 275 g/mol. The van der Waals surface area contributed by atoms with E-state index in [-0.39, 0.29) is 11.5 Å². The molecule has 0 N–H and O–H groups in total. The van der Waals surface area contributed by atoms with E-state index in [4.69, 9.17) is 4.52 Å². The molecule has 0 aliphatic heterocycles. The molecule has 0 aliphatic rings. The molecule has 1 rings (SSSR count). The van der Waals surface area contributed by atoms with Crippen molar-refractivity contribution in [3.8, 4) is 0 Å². The van der Waals surface area contributed by atoms with E-state index in [0.29, 0.717) is 11.6 Å². The Morgan fingerprint density at radius 1 is 1.71 bits per heavy atom. The van der Waals surface area contributed by atoms with Crippen LogP contribution in [-0.2, 0) is 5.75 Å². The molecule has 1 aromatic heterocycles. The van der Waals surface area contributed by atoms with Crippen molar-refractivity contribution in [2.75, 3.05) is 25.1 Å². The first-order valence-electron chi connectivity index (χ1n) is 4.88. The largest absolute Gasteiger partial charge is 0.364 e. The number of hydrogen-bond donors (Lipinski definition) is 0. The molecule has 1 heterocycles. The molecular formula is C9H13N3O3S2. The fourth-order valence-corrected chi connectivity index (χ4v) is 2.19. The Balaban J connectivity index is 2.17. The van der Waals surface area contributed by atoms with Crippen LogP contribution in [0.3, 0.4) is 0 Å². The average molecular weight is 275 g/mol. The van der Waals surface area contributed by atoms with Crippen LogP contribution in [0.4, 0.5) is 0 Å². The summed E-state index contributed by atoms with van der Waals surface area (Å²) in [4.78, 5) is 14.1. The normalized spacial score (nSPS) is 11.7. The third-order valence-corrected chi connectivity index (χ3v) is 3.47. The van der Waals surface area contributed by atoms with Gasteiger partial charge in [-0.25, -0.2) is 0 Å². The van der Waals surface area contributed by atoms with Crippen LogP contribution >= 0.6 is 23.5 Å². The van der Waals surface area contributed by atoms with Gasteiger partial charge in [-0.05, 0) is 6.26 Å². The highest BCUT2D eigenvalue weighted by molar-refractivity contribution is 8.13. The van der Waals surface area contributed by atoms with Crippen LogP contribution in [0.15, 0.2) is 21.8 Å². The number of nitro groups is 1. The second-order valence-corrected chi connectivity index (χ2v) is 5.00. The van der Waals surface area contributed by atoms with Crippen LogP contribution in [0.1, 0.15) is 5.69 Å². The lowest BCUT2D eigenvalue weighted by Crippen LogP contribution is -2.11. The highest BCUT2D eigenvalue weighted by Gasteiger charge is 2.04. The smallest absolute Gasteiger partial charge is 0.250 e. The quantitative estimate of drug-likeness (QED) is 0.249. The predicted molar refractivity (Wildman–Crippen MR) is 70.3 cm³/mol. The van der Waals surface area contributed by atoms with Crippen LogP contribution in [0.5, 0.6) is 0 Å². The van der Waals surface area contributed by atoms with Crippen LogP contribution in [0.2, 0.25) is 0 Å². The third kappa shape index (κ3) is 6.32. The topological polar surface area (TPSA) is 81.5 Å². The molecule has 0 unspecified atom stereocenters. The van der Waals surface area contributed by atoms with Crippen molar-refractivity contribution >= 4 is 28.6 Å². The first kappa shape index (κ1) is 14.0. The van der Waals surface area contributed by atoms with Gasteiger partial charge in [0.05, 0.1) is 5.69 Å². The fraction of sp³-hybridized carbons (Fsp3) is 0.556. The van der Waals surface area contributed by atoms with Gasteiger partial charge in [0.15, 0.2) is 0 Å². The van der Waals surface area contributed by atoms with E-state index in [2.05, 4.69) is 10.1 Å². The molecule has 8 heteroatoms. The summed E-state index contributed by atoms with van der Waals surface area (Å²) in [5.41, 5.74) is 0.898. The third-order valence-electron chi connectivity index (χ3n) is 1.76. The van der Waals surface area contributed by atoms with Gasteiger partial charge < -0.3 is 4.52 Å². The van der Waals surface area contributed by atoms with E-state index in [9.17, 15) is 10.1 Å². The van der Waals surface area contributed by atoms with Gasteiger partial charge in [-0.2, -0.15) is 11.8 Å². The molecule has 0 saturated heterocycles. The van der Waals surface area contributed by atoms with Gasteiger partial charge in [0, 0.05) is 29.0 Å². The maximum Gasteiger partial charge on any atom is 0.250 e. The van der Waals surface area contributed by atoms with Crippen molar-refractivity contribution in [1.29, 1.82) is 0 Å². The van der Waals surface area contributed by atoms with E-state index >= 15 is 0 Å². The Bertz CT molecular complexity index is 368. The van der Waals surface area contributed by atoms with Crippen molar-refractivity contribution in [2.45, 2.75) is 5.75 Å². The second-order valence-electron chi connectivity index (χ2n) is 3.01. The molecule has 1 aromatic rings. The van der Waals surface area contributed by atoms with Gasteiger partial charge in [0.25, 0.3) is 6.54 Å². The van der Waals surface area contributed by atoms with E-state index in [0.717, 1.165) is 17.2 Å². The average Bonchev–Trinajstić information content (AvgIpc) is 2.79. The molecule has 94 valence electrons. The van der Waals surface area contributed by atoms with Gasteiger partial charge in [-0.15, -0.1) is 11.8 Å². The molecule has 0 fully saturated rings. The summed E-state index contributed by atoms with van der Waals surface area (Å²) in [6, 6.07) is 1.82. The number of thioether (sulfide) groups is 2. The SMILES string of the molecule is CSC(C[N+](=O)[O-])=NCCSCc1ccon1. The second kappa shape index (κ2) is 8.13. The number of aromatic nitrogens is 1. The zero-order chi connectivity index (χ0) is 12.5. The van der Waals surface area contributed by atoms with Crippen molar-refractivity contribution < 1.29 is 9.45 Å². The molecule has 0 spiro atoms. The summed E-state index contributed by atoms with van der Waals surface area (Å²) in [7, 11) is 0. The molecule has 17 heavy (non-hydrogen) atoms.